The summed E-state index contributed by atoms with van der Waals surface area (Å²) in [6.07, 6.45) is 1.88. The predicted molar refractivity (Wildman–Crippen MR) is 90.5 cm³/mol. The van der Waals surface area contributed by atoms with Gasteiger partial charge in [0.15, 0.2) is 0 Å². The van der Waals surface area contributed by atoms with E-state index in [0.29, 0.717) is 17.0 Å². The van der Waals surface area contributed by atoms with Gasteiger partial charge in [-0.25, -0.2) is 4.98 Å². The smallest absolute Gasteiger partial charge is 0.212 e. The Kier molecular flexibility index (Phi) is 3.24. The van der Waals surface area contributed by atoms with Gasteiger partial charge < -0.3 is 0 Å². The third-order valence-corrected chi connectivity index (χ3v) is 3.83. The molecule has 0 fully saturated rings. The second-order valence-electron chi connectivity index (χ2n) is 5.30. The lowest BCUT2D eigenvalue weighted by molar-refractivity contribution is 0.103. The lowest BCUT2D eigenvalue weighted by Crippen LogP contribution is -2.06. The van der Waals surface area contributed by atoms with Gasteiger partial charge in [0, 0.05) is 17.3 Å². The maximum atomic E-state index is 13.1. The van der Waals surface area contributed by atoms with Gasteiger partial charge in [0.1, 0.15) is 17.0 Å². The molecule has 0 N–H and O–H groups in total. The highest BCUT2D eigenvalue weighted by Crippen LogP contribution is 2.26. The second kappa shape index (κ2) is 5.54. The molecule has 110 valence electrons. The number of carbonyl (C=O) groups excluding carboxylic acids is 1. The molecule has 0 radical (unpaired) electrons. The van der Waals surface area contributed by atoms with Crippen LogP contribution >= 0.6 is 0 Å². The predicted octanol–water partition coefficient (Wildman–Crippen LogP) is 4.23. The number of carbonyl (C=O) groups is 1. The van der Waals surface area contributed by atoms with Crippen LogP contribution in [0.5, 0.6) is 0 Å². The van der Waals surface area contributed by atoms with E-state index in [2.05, 4.69) is 4.98 Å². The van der Waals surface area contributed by atoms with E-state index in [-0.39, 0.29) is 5.78 Å². The highest BCUT2D eigenvalue weighted by atomic mass is 16.1. The molecule has 3 nitrogen and oxygen atoms in total. The molecule has 0 amide bonds. The molecular weight excluding hydrogens is 284 g/mol. The van der Waals surface area contributed by atoms with E-state index in [1.54, 1.807) is 0 Å². The quantitative estimate of drug-likeness (QED) is 0.530. The fourth-order valence-electron chi connectivity index (χ4n) is 2.74. The highest BCUT2D eigenvalue weighted by molar-refractivity contribution is 6.11. The van der Waals surface area contributed by atoms with Crippen molar-refractivity contribution in [1.29, 1.82) is 0 Å². The van der Waals surface area contributed by atoms with Gasteiger partial charge in [-0.2, -0.15) is 0 Å². The number of fused-ring (bicyclic) bond motifs is 1. The average Bonchev–Trinajstić information content (AvgIpc) is 3.02. The van der Waals surface area contributed by atoms with Crippen LogP contribution in [0, 0.1) is 0 Å². The Morgan fingerprint density at radius 3 is 2.17 bits per heavy atom. The minimum atomic E-state index is -0.0249. The molecule has 0 bridgehead atoms. The van der Waals surface area contributed by atoms with Crippen molar-refractivity contribution in [1.82, 2.24) is 9.38 Å². The Labute approximate surface area is 133 Å². The normalized spacial score (nSPS) is 10.8. The van der Waals surface area contributed by atoms with Crippen molar-refractivity contribution >= 4 is 11.4 Å². The van der Waals surface area contributed by atoms with Crippen molar-refractivity contribution in [2.75, 3.05) is 0 Å². The zero-order valence-corrected chi connectivity index (χ0v) is 12.4. The Bertz CT molecular complexity index is 972. The van der Waals surface area contributed by atoms with E-state index >= 15 is 0 Å². The van der Waals surface area contributed by atoms with Crippen molar-refractivity contribution in [2.24, 2.45) is 0 Å². The fraction of sp³-hybridized carbons (Fsp3) is 0. The van der Waals surface area contributed by atoms with Crippen molar-refractivity contribution in [3.8, 4) is 11.3 Å². The Morgan fingerprint density at radius 1 is 0.783 bits per heavy atom. The SMILES string of the molecule is O=C(c1ccccc1)c1c(-c2ccccc2)nc2ccccn12. The topological polar surface area (TPSA) is 34.4 Å². The summed E-state index contributed by atoms with van der Waals surface area (Å²) in [6.45, 7) is 0. The third kappa shape index (κ3) is 2.32. The van der Waals surface area contributed by atoms with Crippen LogP contribution in [-0.2, 0) is 0 Å². The number of nitrogens with zero attached hydrogens (tertiary/aromatic N) is 2. The minimum Gasteiger partial charge on any atom is -0.296 e. The molecule has 4 aromatic rings. The molecule has 2 aromatic carbocycles. The average molecular weight is 298 g/mol. The first-order chi connectivity index (χ1) is 11.3. The summed E-state index contributed by atoms with van der Waals surface area (Å²) in [6, 6.07) is 24.9. The van der Waals surface area contributed by atoms with Gasteiger partial charge in [0.05, 0.1) is 0 Å². The molecule has 2 heterocycles. The van der Waals surface area contributed by atoms with Crippen LogP contribution < -0.4 is 0 Å². The van der Waals surface area contributed by atoms with Crippen LogP contribution in [0.2, 0.25) is 0 Å². The number of rotatable bonds is 3. The summed E-state index contributed by atoms with van der Waals surface area (Å²) < 4.78 is 1.86. The summed E-state index contributed by atoms with van der Waals surface area (Å²) in [5, 5.41) is 0. The summed E-state index contributed by atoms with van der Waals surface area (Å²) in [7, 11) is 0. The lowest BCUT2D eigenvalue weighted by atomic mass is 10.0. The van der Waals surface area contributed by atoms with Crippen LogP contribution in [0.15, 0.2) is 85.1 Å². The number of ketones is 1. The Hall–Kier alpha value is -3.20. The van der Waals surface area contributed by atoms with Crippen LogP contribution in [0.4, 0.5) is 0 Å². The summed E-state index contributed by atoms with van der Waals surface area (Å²) in [5.74, 6) is -0.0249. The number of pyridine rings is 1. The van der Waals surface area contributed by atoms with Crippen molar-refractivity contribution < 1.29 is 4.79 Å². The monoisotopic (exact) mass is 298 g/mol. The number of hydrogen-bond donors (Lipinski definition) is 0. The molecule has 0 aliphatic heterocycles. The molecule has 0 aliphatic carbocycles. The van der Waals surface area contributed by atoms with Crippen LogP contribution in [0.1, 0.15) is 16.1 Å². The van der Waals surface area contributed by atoms with E-state index in [0.717, 1.165) is 11.2 Å². The molecule has 0 saturated carbocycles. The second-order valence-corrected chi connectivity index (χ2v) is 5.30. The summed E-state index contributed by atoms with van der Waals surface area (Å²) >= 11 is 0. The first-order valence-corrected chi connectivity index (χ1v) is 7.47. The van der Waals surface area contributed by atoms with Gasteiger partial charge in [0.25, 0.3) is 0 Å². The number of benzene rings is 2. The molecular formula is C20H14N2O. The van der Waals surface area contributed by atoms with E-state index in [1.807, 2.05) is 89.5 Å². The van der Waals surface area contributed by atoms with Gasteiger partial charge in [0.2, 0.25) is 5.78 Å². The lowest BCUT2D eigenvalue weighted by Gasteiger charge is -2.05. The Morgan fingerprint density at radius 2 is 1.43 bits per heavy atom. The standard InChI is InChI=1S/C20H14N2O/c23-20(16-11-5-2-6-12-16)19-18(15-9-3-1-4-10-15)21-17-13-7-8-14-22(17)19/h1-14H. The maximum absolute atomic E-state index is 13.1. The van der Waals surface area contributed by atoms with Crippen molar-refractivity contribution in [3.05, 3.63) is 96.3 Å². The molecule has 0 atom stereocenters. The van der Waals surface area contributed by atoms with Gasteiger partial charge in [-0.1, -0.05) is 66.7 Å². The zero-order chi connectivity index (χ0) is 15.6. The molecule has 4 rings (SSSR count). The number of hydrogen-bond acceptors (Lipinski definition) is 2. The molecule has 3 heteroatoms. The molecule has 23 heavy (non-hydrogen) atoms. The van der Waals surface area contributed by atoms with Crippen molar-refractivity contribution in [3.63, 3.8) is 0 Å². The number of imidazole rings is 1. The van der Waals surface area contributed by atoms with E-state index in [1.165, 1.54) is 0 Å². The minimum absolute atomic E-state index is 0.0249. The first-order valence-electron chi connectivity index (χ1n) is 7.47. The van der Waals surface area contributed by atoms with Gasteiger partial charge >= 0.3 is 0 Å². The largest absolute Gasteiger partial charge is 0.296 e. The fourth-order valence-corrected chi connectivity index (χ4v) is 2.74. The molecule has 0 spiro atoms. The van der Waals surface area contributed by atoms with Gasteiger partial charge in [-0.15, -0.1) is 0 Å². The number of aromatic nitrogens is 2. The summed E-state index contributed by atoms with van der Waals surface area (Å²) in [5.41, 5.74) is 3.68. The van der Waals surface area contributed by atoms with Gasteiger partial charge in [-0.3, -0.25) is 9.20 Å². The van der Waals surface area contributed by atoms with Crippen LogP contribution in [-0.4, -0.2) is 15.2 Å². The molecule has 0 aliphatic rings. The molecule has 0 unspecified atom stereocenters. The zero-order valence-electron chi connectivity index (χ0n) is 12.4. The first kappa shape index (κ1) is 13.5. The van der Waals surface area contributed by atoms with Gasteiger partial charge in [-0.05, 0) is 12.1 Å². The third-order valence-electron chi connectivity index (χ3n) is 3.83. The maximum Gasteiger partial charge on any atom is 0.212 e. The van der Waals surface area contributed by atoms with E-state index in [4.69, 9.17) is 0 Å². The van der Waals surface area contributed by atoms with Crippen LogP contribution in [0.25, 0.3) is 16.9 Å². The van der Waals surface area contributed by atoms with Crippen LogP contribution in [0.3, 0.4) is 0 Å². The van der Waals surface area contributed by atoms with E-state index in [9.17, 15) is 4.79 Å². The summed E-state index contributed by atoms with van der Waals surface area (Å²) in [4.78, 5) is 17.7. The van der Waals surface area contributed by atoms with Crippen molar-refractivity contribution in [2.45, 2.75) is 0 Å². The van der Waals surface area contributed by atoms with E-state index < -0.39 is 0 Å². The Balaban J connectivity index is 1.99. The molecule has 0 saturated heterocycles. The highest BCUT2D eigenvalue weighted by Gasteiger charge is 2.21. The molecule has 2 aromatic heterocycles.